The van der Waals surface area contributed by atoms with Gasteiger partial charge in [-0.3, -0.25) is 4.90 Å². The Labute approximate surface area is 119 Å². The summed E-state index contributed by atoms with van der Waals surface area (Å²) >= 11 is 0. The van der Waals surface area contributed by atoms with Gasteiger partial charge in [0.15, 0.2) is 0 Å². The molecule has 0 spiro atoms. The number of piperidine rings is 1. The normalized spacial score (nSPS) is 23.9. The van der Waals surface area contributed by atoms with Crippen molar-refractivity contribution in [1.82, 2.24) is 14.7 Å². The Morgan fingerprint density at radius 1 is 1.25 bits per heavy atom. The van der Waals surface area contributed by atoms with E-state index in [-0.39, 0.29) is 6.10 Å². The van der Waals surface area contributed by atoms with Gasteiger partial charge in [-0.15, -0.1) is 0 Å². The fourth-order valence-corrected chi connectivity index (χ4v) is 2.66. The summed E-state index contributed by atoms with van der Waals surface area (Å²) in [5.74, 6) is 0.410. The second kappa shape index (κ2) is 5.77. The van der Waals surface area contributed by atoms with Crippen LogP contribution in [-0.2, 0) is 6.54 Å². The van der Waals surface area contributed by atoms with Gasteiger partial charge in [0.25, 0.3) is 0 Å². The van der Waals surface area contributed by atoms with Crippen LogP contribution in [0.15, 0.2) is 42.6 Å². The van der Waals surface area contributed by atoms with E-state index in [4.69, 9.17) is 0 Å². The Morgan fingerprint density at radius 3 is 2.80 bits per heavy atom. The van der Waals surface area contributed by atoms with Gasteiger partial charge in [0.1, 0.15) is 0 Å². The zero-order chi connectivity index (χ0) is 13.9. The molecule has 1 saturated heterocycles. The third-order valence-corrected chi connectivity index (χ3v) is 4.05. The Morgan fingerprint density at radius 2 is 2.05 bits per heavy atom. The lowest BCUT2D eigenvalue weighted by Crippen LogP contribution is -2.42. The number of para-hydroxylation sites is 1. The van der Waals surface area contributed by atoms with Crippen molar-refractivity contribution in [2.75, 3.05) is 13.1 Å². The molecule has 1 aliphatic rings. The zero-order valence-electron chi connectivity index (χ0n) is 11.8. The summed E-state index contributed by atoms with van der Waals surface area (Å²) in [6.07, 6.45) is 2.84. The number of likely N-dealkylation sites (tertiary alicyclic amines) is 1. The van der Waals surface area contributed by atoms with E-state index < -0.39 is 0 Å². The molecule has 3 rings (SSSR count). The second-order valence-electron chi connectivity index (χ2n) is 5.66. The smallest absolute Gasteiger partial charge is 0.0769 e. The van der Waals surface area contributed by atoms with Crippen molar-refractivity contribution < 1.29 is 5.11 Å². The fourth-order valence-electron chi connectivity index (χ4n) is 2.66. The lowest BCUT2D eigenvalue weighted by molar-refractivity contribution is 0.0254. The quantitative estimate of drug-likeness (QED) is 0.929. The Kier molecular flexibility index (Phi) is 3.85. The van der Waals surface area contributed by atoms with Crippen LogP contribution in [0, 0.1) is 5.92 Å². The summed E-state index contributed by atoms with van der Waals surface area (Å²) in [6.45, 7) is 4.71. The summed E-state index contributed by atoms with van der Waals surface area (Å²) in [5.41, 5.74) is 2.13. The van der Waals surface area contributed by atoms with Crippen LogP contribution >= 0.6 is 0 Å². The van der Waals surface area contributed by atoms with E-state index in [1.54, 1.807) is 0 Å². The average molecular weight is 271 g/mol. The van der Waals surface area contributed by atoms with E-state index in [0.717, 1.165) is 37.4 Å². The molecule has 0 amide bonds. The van der Waals surface area contributed by atoms with Crippen molar-refractivity contribution in [3.05, 3.63) is 48.3 Å². The highest BCUT2D eigenvalue weighted by Crippen LogP contribution is 2.18. The van der Waals surface area contributed by atoms with Crippen LogP contribution in [0.25, 0.3) is 5.69 Å². The number of nitrogens with zero attached hydrogens (tertiary/aromatic N) is 3. The molecular weight excluding hydrogens is 250 g/mol. The van der Waals surface area contributed by atoms with Crippen LogP contribution in [0.3, 0.4) is 0 Å². The lowest BCUT2D eigenvalue weighted by Gasteiger charge is -2.33. The first-order valence-corrected chi connectivity index (χ1v) is 7.23. The molecule has 2 heterocycles. The number of aliphatic hydroxyl groups excluding tert-OH is 1. The second-order valence-corrected chi connectivity index (χ2v) is 5.66. The van der Waals surface area contributed by atoms with Gasteiger partial charge in [0, 0.05) is 19.3 Å². The van der Waals surface area contributed by atoms with Gasteiger partial charge in [-0.2, -0.15) is 5.10 Å². The molecule has 20 heavy (non-hydrogen) atoms. The minimum Gasteiger partial charge on any atom is -0.392 e. The van der Waals surface area contributed by atoms with Gasteiger partial charge < -0.3 is 5.11 Å². The van der Waals surface area contributed by atoms with Crippen molar-refractivity contribution >= 4 is 0 Å². The predicted octanol–water partition coefficient (Wildman–Crippen LogP) is 2.08. The van der Waals surface area contributed by atoms with Gasteiger partial charge in [0.2, 0.25) is 0 Å². The van der Waals surface area contributed by atoms with Crippen LogP contribution in [-0.4, -0.2) is 39.0 Å². The average Bonchev–Trinajstić information content (AvgIpc) is 2.92. The minimum absolute atomic E-state index is 0.208. The van der Waals surface area contributed by atoms with Crippen LogP contribution in [0.2, 0.25) is 0 Å². The van der Waals surface area contributed by atoms with Crippen molar-refractivity contribution in [2.45, 2.75) is 26.0 Å². The van der Waals surface area contributed by atoms with Crippen molar-refractivity contribution in [1.29, 1.82) is 0 Å². The summed E-state index contributed by atoms with van der Waals surface area (Å²) < 4.78 is 1.90. The molecule has 2 unspecified atom stereocenters. The van der Waals surface area contributed by atoms with Crippen molar-refractivity contribution in [3.63, 3.8) is 0 Å². The van der Waals surface area contributed by atoms with Gasteiger partial charge in [-0.05, 0) is 37.1 Å². The number of aliphatic hydroxyl groups is 1. The first-order chi connectivity index (χ1) is 9.72. The molecule has 0 radical (unpaired) electrons. The first kappa shape index (κ1) is 13.3. The molecular formula is C16H21N3O. The van der Waals surface area contributed by atoms with E-state index in [1.807, 2.05) is 41.2 Å². The molecule has 2 aromatic rings. The molecule has 1 fully saturated rings. The van der Waals surface area contributed by atoms with E-state index in [9.17, 15) is 5.11 Å². The number of aromatic nitrogens is 2. The fraction of sp³-hybridized carbons (Fsp3) is 0.438. The summed E-state index contributed by atoms with van der Waals surface area (Å²) in [6, 6.07) is 12.2. The van der Waals surface area contributed by atoms with E-state index in [1.165, 1.54) is 0 Å². The highest BCUT2D eigenvalue weighted by Gasteiger charge is 2.24. The van der Waals surface area contributed by atoms with Crippen LogP contribution in [0.1, 0.15) is 19.0 Å². The Balaban J connectivity index is 1.66. The van der Waals surface area contributed by atoms with Gasteiger partial charge in [0.05, 0.1) is 17.5 Å². The number of β-amino-alcohol motifs (C(OH)–C–C–N with tert-alkyl or cyclic N) is 1. The Hall–Kier alpha value is -1.65. The van der Waals surface area contributed by atoms with Crippen LogP contribution in [0.4, 0.5) is 0 Å². The largest absolute Gasteiger partial charge is 0.392 e. The van der Waals surface area contributed by atoms with Crippen molar-refractivity contribution in [3.8, 4) is 5.69 Å². The third kappa shape index (κ3) is 2.92. The molecule has 4 nitrogen and oxygen atoms in total. The highest BCUT2D eigenvalue weighted by atomic mass is 16.3. The van der Waals surface area contributed by atoms with Gasteiger partial charge >= 0.3 is 0 Å². The van der Waals surface area contributed by atoms with Crippen LogP contribution in [0.5, 0.6) is 0 Å². The lowest BCUT2D eigenvalue weighted by atomic mass is 9.96. The molecule has 1 N–H and O–H groups in total. The molecule has 1 aliphatic heterocycles. The molecule has 2 atom stereocenters. The van der Waals surface area contributed by atoms with Gasteiger partial charge in [-0.1, -0.05) is 25.1 Å². The summed E-state index contributed by atoms with van der Waals surface area (Å²) in [7, 11) is 0. The maximum atomic E-state index is 9.94. The van der Waals surface area contributed by atoms with E-state index in [0.29, 0.717) is 5.92 Å². The molecule has 1 aromatic carbocycles. The third-order valence-electron chi connectivity index (χ3n) is 4.05. The molecule has 4 heteroatoms. The maximum absolute atomic E-state index is 9.94. The standard InChI is InChI=1S/C16H21N3O/c1-13-7-9-18(12-16(13)20)11-14-8-10-19(17-14)15-5-3-2-4-6-15/h2-6,8,10,13,16,20H,7,9,11-12H2,1H3. The topological polar surface area (TPSA) is 41.3 Å². The predicted molar refractivity (Wildman–Crippen MR) is 78.6 cm³/mol. The number of benzene rings is 1. The van der Waals surface area contributed by atoms with Crippen molar-refractivity contribution in [2.24, 2.45) is 5.92 Å². The SMILES string of the molecule is CC1CCN(Cc2ccn(-c3ccccc3)n2)CC1O. The molecule has 0 bridgehead atoms. The minimum atomic E-state index is -0.208. The Bertz CT molecular complexity index is 552. The molecule has 0 aliphatic carbocycles. The summed E-state index contributed by atoms with van der Waals surface area (Å²) in [5, 5.41) is 14.6. The number of hydrogen-bond acceptors (Lipinski definition) is 3. The van der Waals surface area contributed by atoms with E-state index in [2.05, 4.69) is 23.0 Å². The number of hydrogen-bond donors (Lipinski definition) is 1. The van der Waals surface area contributed by atoms with Crippen LogP contribution < -0.4 is 0 Å². The zero-order valence-corrected chi connectivity index (χ0v) is 11.8. The summed E-state index contributed by atoms with van der Waals surface area (Å²) in [4.78, 5) is 2.28. The monoisotopic (exact) mass is 271 g/mol. The maximum Gasteiger partial charge on any atom is 0.0769 e. The molecule has 106 valence electrons. The first-order valence-electron chi connectivity index (χ1n) is 7.23. The van der Waals surface area contributed by atoms with Gasteiger partial charge in [-0.25, -0.2) is 4.68 Å². The molecule has 0 saturated carbocycles. The molecule has 1 aromatic heterocycles. The highest BCUT2D eigenvalue weighted by molar-refractivity contribution is 5.30. The number of rotatable bonds is 3. The van der Waals surface area contributed by atoms with E-state index >= 15 is 0 Å².